The molecule has 0 unspecified atom stereocenters. The van der Waals surface area contributed by atoms with Crippen molar-refractivity contribution in [3.05, 3.63) is 75.9 Å². The van der Waals surface area contributed by atoms with Crippen LogP contribution in [0.5, 0.6) is 0 Å². The molecule has 0 saturated carbocycles. The molecule has 0 saturated heterocycles. The van der Waals surface area contributed by atoms with Crippen LogP contribution in [0.15, 0.2) is 64.8 Å². The summed E-state index contributed by atoms with van der Waals surface area (Å²) in [5.41, 5.74) is 1.92. The molecule has 6 nitrogen and oxygen atoms in total. The Labute approximate surface area is 166 Å². The second kappa shape index (κ2) is 10.1. The summed E-state index contributed by atoms with van der Waals surface area (Å²) in [7, 11) is 0. The summed E-state index contributed by atoms with van der Waals surface area (Å²) in [6.45, 7) is 2.48. The Morgan fingerprint density at radius 1 is 1.15 bits per heavy atom. The van der Waals surface area contributed by atoms with Gasteiger partial charge in [-0.25, -0.2) is 4.79 Å². The molecular weight excluding hydrogens is 410 g/mol. The lowest BCUT2D eigenvalue weighted by Crippen LogP contribution is -2.16. The highest BCUT2D eigenvalue weighted by Gasteiger charge is 2.09. The molecule has 0 heterocycles. The third-order valence-corrected chi connectivity index (χ3v) is 4.01. The first kappa shape index (κ1) is 20.2. The molecule has 2 N–H and O–H groups in total. The second-order valence-electron chi connectivity index (χ2n) is 5.43. The van der Waals surface area contributed by atoms with E-state index in [1.165, 1.54) is 6.20 Å². The molecule has 27 heavy (non-hydrogen) atoms. The van der Waals surface area contributed by atoms with Crippen molar-refractivity contribution in [2.24, 2.45) is 0 Å². The number of amides is 1. The maximum Gasteiger partial charge on any atom is 0.338 e. The van der Waals surface area contributed by atoms with E-state index in [1.54, 1.807) is 55.5 Å². The molecule has 0 bridgehead atoms. The summed E-state index contributed by atoms with van der Waals surface area (Å²) in [6.07, 6.45) is 1.37. The molecule has 0 aliphatic rings. The van der Waals surface area contributed by atoms with Crippen molar-refractivity contribution in [1.29, 1.82) is 5.26 Å². The van der Waals surface area contributed by atoms with E-state index in [-0.39, 0.29) is 11.5 Å². The molecule has 7 heteroatoms. The standard InChI is InChI=1S/C20H18BrN3O3/c1-2-27-20(26)15-5-3-14(4-6-15)12-23-13-16(11-22)19(25)24-18-9-7-17(21)8-10-18/h3-10,13,23H,2,12H2,1H3,(H,24,25)/b16-13-. The number of hydrogen-bond donors (Lipinski definition) is 2. The number of hydrogen-bond acceptors (Lipinski definition) is 5. The molecule has 0 aliphatic carbocycles. The Hall–Kier alpha value is -3.11. The maximum atomic E-state index is 12.1. The third-order valence-electron chi connectivity index (χ3n) is 3.48. The van der Waals surface area contributed by atoms with Crippen LogP contribution >= 0.6 is 15.9 Å². The normalized spacial score (nSPS) is 10.6. The van der Waals surface area contributed by atoms with Crippen LogP contribution < -0.4 is 10.6 Å². The van der Waals surface area contributed by atoms with Crippen LogP contribution in [0.3, 0.4) is 0 Å². The number of ether oxygens (including phenoxy) is 1. The van der Waals surface area contributed by atoms with Crippen LogP contribution in [0, 0.1) is 11.3 Å². The van der Waals surface area contributed by atoms with Gasteiger partial charge in [-0.1, -0.05) is 28.1 Å². The summed E-state index contributed by atoms with van der Waals surface area (Å²) in [6, 6.07) is 15.8. The van der Waals surface area contributed by atoms with Gasteiger partial charge in [-0.05, 0) is 48.9 Å². The Kier molecular flexibility index (Phi) is 7.59. The number of nitriles is 1. The molecule has 0 fully saturated rings. The maximum absolute atomic E-state index is 12.1. The number of carbonyl (C=O) groups is 2. The van der Waals surface area contributed by atoms with Crippen molar-refractivity contribution in [2.45, 2.75) is 13.5 Å². The summed E-state index contributed by atoms with van der Waals surface area (Å²) < 4.78 is 5.83. The first-order valence-electron chi connectivity index (χ1n) is 8.20. The van der Waals surface area contributed by atoms with E-state index in [0.717, 1.165) is 10.0 Å². The molecule has 138 valence electrons. The molecule has 0 spiro atoms. The number of benzene rings is 2. The molecule has 2 aromatic carbocycles. The fourth-order valence-corrected chi connectivity index (χ4v) is 2.39. The summed E-state index contributed by atoms with van der Waals surface area (Å²) in [4.78, 5) is 23.8. The zero-order valence-electron chi connectivity index (χ0n) is 14.7. The van der Waals surface area contributed by atoms with E-state index in [2.05, 4.69) is 26.6 Å². The average molecular weight is 428 g/mol. The minimum absolute atomic E-state index is 0.0407. The number of anilines is 1. The number of nitrogens with zero attached hydrogens (tertiary/aromatic N) is 1. The fraction of sp³-hybridized carbons (Fsp3) is 0.150. The van der Waals surface area contributed by atoms with Crippen LogP contribution in [0.4, 0.5) is 5.69 Å². The molecular formula is C20H18BrN3O3. The lowest BCUT2D eigenvalue weighted by molar-refractivity contribution is -0.112. The van der Waals surface area contributed by atoms with E-state index in [1.807, 2.05) is 6.07 Å². The van der Waals surface area contributed by atoms with Crippen molar-refractivity contribution in [3.8, 4) is 6.07 Å². The van der Waals surface area contributed by atoms with Gasteiger partial charge in [0.2, 0.25) is 0 Å². The van der Waals surface area contributed by atoms with Gasteiger partial charge in [0.25, 0.3) is 5.91 Å². The molecule has 1 amide bonds. The van der Waals surface area contributed by atoms with Gasteiger partial charge in [-0.15, -0.1) is 0 Å². The zero-order chi connectivity index (χ0) is 19.6. The van der Waals surface area contributed by atoms with Gasteiger partial charge < -0.3 is 15.4 Å². The van der Waals surface area contributed by atoms with Gasteiger partial charge in [0.1, 0.15) is 11.6 Å². The van der Waals surface area contributed by atoms with Crippen LogP contribution in [0.25, 0.3) is 0 Å². The zero-order valence-corrected chi connectivity index (χ0v) is 16.2. The first-order valence-corrected chi connectivity index (χ1v) is 8.99. The van der Waals surface area contributed by atoms with Gasteiger partial charge in [0.15, 0.2) is 0 Å². The quantitative estimate of drug-likeness (QED) is 0.398. The van der Waals surface area contributed by atoms with Crippen molar-refractivity contribution in [3.63, 3.8) is 0 Å². The molecule has 0 atom stereocenters. The van der Waals surface area contributed by atoms with Crippen molar-refractivity contribution in [1.82, 2.24) is 5.32 Å². The van der Waals surface area contributed by atoms with E-state index in [9.17, 15) is 14.9 Å². The topological polar surface area (TPSA) is 91.2 Å². The first-order chi connectivity index (χ1) is 13.0. The van der Waals surface area contributed by atoms with Crippen LogP contribution in [0.1, 0.15) is 22.8 Å². The predicted molar refractivity (Wildman–Crippen MR) is 106 cm³/mol. The van der Waals surface area contributed by atoms with E-state index >= 15 is 0 Å². The summed E-state index contributed by atoms with van der Waals surface area (Å²) >= 11 is 3.32. The molecule has 2 rings (SSSR count). The van der Waals surface area contributed by atoms with E-state index < -0.39 is 5.91 Å². The minimum Gasteiger partial charge on any atom is -0.462 e. The summed E-state index contributed by atoms with van der Waals surface area (Å²) in [5.74, 6) is -0.863. The monoisotopic (exact) mass is 427 g/mol. The number of carbonyl (C=O) groups excluding carboxylic acids is 2. The number of rotatable bonds is 7. The predicted octanol–water partition coefficient (Wildman–Crippen LogP) is 3.76. The number of nitrogens with one attached hydrogen (secondary N) is 2. The average Bonchev–Trinajstić information content (AvgIpc) is 2.67. The van der Waals surface area contributed by atoms with Gasteiger partial charge in [0, 0.05) is 22.9 Å². The molecule has 0 radical (unpaired) electrons. The van der Waals surface area contributed by atoms with Gasteiger partial charge in [-0.3, -0.25) is 4.79 Å². The third kappa shape index (κ3) is 6.28. The van der Waals surface area contributed by atoms with Crippen LogP contribution in [-0.4, -0.2) is 18.5 Å². The lowest BCUT2D eigenvalue weighted by atomic mass is 10.1. The highest BCUT2D eigenvalue weighted by Crippen LogP contribution is 2.14. The van der Waals surface area contributed by atoms with E-state index in [0.29, 0.717) is 24.4 Å². The van der Waals surface area contributed by atoms with Gasteiger partial charge in [-0.2, -0.15) is 5.26 Å². The largest absolute Gasteiger partial charge is 0.462 e. The minimum atomic E-state index is -0.495. The summed E-state index contributed by atoms with van der Waals surface area (Å²) in [5, 5.41) is 14.8. The van der Waals surface area contributed by atoms with Crippen molar-refractivity contribution in [2.75, 3.05) is 11.9 Å². The van der Waals surface area contributed by atoms with Gasteiger partial charge in [0.05, 0.1) is 12.2 Å². The Bertz CT molecular complexity index is 869. The van der Waals surface area contributed by atoms with E-state index in [4.69, 9.17) is 4.74 Å². The lowest BCUT2D eigenvalue weighted by Gasteiger charge is -2.06. The smallest absolute Gasteiger partial charge is 0.338 e. The Morgan fingerprint density at radius 2 is 1.81 bits per heavy atom. The number of esters is 1. The molecule has 2 aromatic rings. The molecule has 0 aliphatic heterocycles. The van der Waals surface area contributed by atoms with Crippen LogP contribution in [-0.2, 0) is 16.1 Å². The highest BCUT2D eigenvalue weighted by atomic mass is 79.9. The molecule has 0 aromatic heterocycles. The SMILES string of the molecule is CCOC(=O)c1ccc(CN/C=C(/C#N)C(=O)Nc2ccc(Br)cc2)cc1. The van der Waals surface area contributed by atoms with Crippen molar-refractivity contribution >= 4 is 33.5 Å². The Balaban J connectivity index is 1.92. The fourth-order valence-electron chi connectivity index (χ4n) is 2.12. The van der Waals surface area contributed by atoms with Crippen molar-refractivity contribution < 1.29 is 14.3 Å². The van der Waals surface area contributed by atoms with Gasteiger partial charge >= 0.3 is 5.97 Å². The number of halogens is 1. The second-order valence-corrected chi connectivity index (χ2v) is 6.34. The Morgan fingerprint density at radius 3 is 2.41 bits per heavy atom. The highest BCUT2D eigenvalue weighted by molar-refractivity contribution is 9.10. The van der Waals surface area contributed by atoms with Crippen LogP contribution in [0.2, 0.25) is 0 Å².